The highest BCUT2D eigenvalue weighted by Gasteiger charge is 2.29. The average Bonchev–Trinajstić information content (AvgIpc) is 2.63. The second kappa shape index (κ2) is 7.04. The van der Waals surface area contributed by atoms with Gasteiger partial charge in [-0.05, 0) is 25.7 Å². The molecule has 20 heavy (non-hydrogen) atoms. The molecule has 2 unspecified atom stereocenters. The monoisotopic (exact) mass is 282 g/mol. The number of hydrogen-bond acceptors (Lipinski definition) is 4. The summed E-state index contributed by atoms with van der Waals surface area (Å²) in [5, 5.41) is 0. The molecule has 0 aromatic carbocycles. The highest BCUT2D eigenvalue weighted by Crippen LogP contribution is 2.25. The Labute approximate surface area is 120 Å². The summed E-state index contributed by atoms with van der Waals surface area (Å²) in [6.45, 7) is 3.32. The molecule has 0 spiro atoms. The molecule has 2 rings (SSSR count). The SMILES string of the molecule is NC(=O)CN1CCCN(C(=O)C2CCCC(N)C2)CC1. The van der Waals surface area contributed by atoms with Gasteiger partial charge < -0.3 is 16.4 Å². The second-order valence-corrected chi connectivity index (χ2v) is 6.04. The van der Waals surface area contributed by atoms with E-state index in [9.17, 15) is 9.59 Å². The van der Waals surface area contributed by atoms with Crippen molar-refractivity contribution < 1.29 is 9.59 Å². The molecule has 1 saturated carbocycles. The summed E-state index contributed by atoms with van der Waals surface area (Å²) in [5.74, 6) is 0.0468. The molecule has 2 amide bonds. The van der Waals surface area contributed by atoms with Crippen molar-refractivity contribution in [2.45, 2.75) is 38.1 Å². The molecule has 0 aromatic rings. The minimum absolute atomic E-state index is 0.0986. The van der Waals surface area contributed by atoms with E-state index >= 15 is 0 Å². The summed E-state index contributed by atoms with van der Waals surface area (Å²) in [6, 6.07) is 0.177. The van der Waals surface area contributed by atoms with Crippen LogP contribution in [0.1, 0.15) is 32.1 Å². The lowest BCUT2D eigenvalue weighted by molar-refractivity contribution is -0.136. The lowest BCUT2D eigenvalue weighted by atomic mass is 9.85. The van der Waals surface area contributed by atoms with Crippen molar-refractivity contribution in [3.8, 4) is 0 Å². The number of rotatable bonds is 3. The zero-order chi connectivity index (χ0) is 14.5. The third-order valence-electron chi connectivity index (χ3n) is 4.34. The number of hydrogen-bond donors (Lipinski definition) is 2. The number of primary amides is 1. The fraction of sp³-hybridized carbons (Fsp3) is 0.857. The van der Waals surface area contributed by atoms with E-state index in [2.05, 4.69) is 0 Å². The van der Waals surface area contributed by atoms with E-state index in [0.717, 1.165) is 51.7 Å². The lowest BCUT2D eigenvalue weighted by Crippen LogP contribution is -2.42. The summed E-state index contributed by atoms with van der Waals surface area (Å²) in [4.78, 5) is 27.5. The number of carbonyl (C=O) groups is 2. The molecule has 2 aliphatic rings. The van der Waals surface area contributed by atoms with Crippen LogP contribution in [0.3, 0.4) is 0 Å². The van der Waals surface area contributed by atoms with Crippen LogP contribution in [0.15, 0.2) is 0 Å². The maximum Gasteiger partial charge on any atom is 0.231 e. The Morgan fingerprint density at radius 2 is 1.85 bits per heavy atom. The Morgan fingerprint density at radius 1 is 1.05 bits per heavy atom. The Hall–Kier alpha value is -1.14. The molecule has 6 nitrogen and oxygen atoms in total. The molecule has 1 heterocycles. The molecule has 2 atom stereocenters. The van der Waals surface area contributed by atoms with Gasteiger partial charge in [0.25, 0.3) is 0 Å². The first kappa shape index (κ1) is 15.3. The van der Waals surface area contributed by atoms with E-state index < -0.39 is 0 Å². The van der Waals surface area contributed by atoms with Crippen LogP contribution in [0, 0.1) is 5.92 Å². The van der Waals surface area contributed by atoms with Gasteiger partial charge in [-0.15, -0.1) is 0 Å². The predicted molar refractivity (Wildman–Crippen MR) is 76.8 cm³/mol. The van der Waals surface area contributed by atoms with E-state index in [1.165, 1.54) is 0 Å². The molecular formula is C14H26N4O2. The van der Waals surface area contributed by atoms with Gasteiger partial charge in [-0.25, -0.2) is 0 Å². The Kier molecular flexibility index (Phi) is 5.37. The molecule has 4 N–H and O–H groups in total. The standard InChI is InChI=1S/C14H26N4O2/c15-12-4-1-3-11(9-12)14(20)18-6-2-5-17(7-8-18)10-13(16)19/h11-12H,1-10,15H2,(H2,16,19). The largest absolute Gasteiger partial charge is 0.369 e. The van der Waals surface area contributed by atoms with Gasteiger partial charge in [-0.2, -0.15) is 0 Å². The fourth-order valence-electron chi connectivity index (χ4n) is 3.28. The normalized spacial score (nSPS) is 28.9. The third kappa shape index (κ3) is 4.18. The smallest absolute Gasteiger partial charge is 0.231 e. The third-order valence-corrected chi connectivity index (χ3v) is 4.34. The predicted octanol–water partition coefficient (Wildman–Crippen LogP) is -0.476. The van der Waals surface area contributed by atoms with Crippen LogP contribution in [-0.2, 0) is 9.59 Å². The van der Waals surface area contributed by atoms with Crippen LogP contribution in [0.4, 0.5) is 0 Å². The summed E-state index contributed by atoms with van der Waals surface area (Å²) in [7, 11) is 0. The van der Waals surface area contributed by atoms with Crippen molar-refractivity contribution >= 4 is 11.8 Å². The number of nitrogens with two attached hydrogens (primary N) is 2. The highest BCUT2D eigenvalue weighted by molar-refractivity contribution is 5.79. The van der Waals surface area contributed by atoms with Crippen molar-refractivity contribution in [3.63, 3.8) is 0 Å². The van der Waals surface area contributed by atoms with Gasteiger partial charge in [-0.1, -0.05) is 6.42 Å². The van der Waals surface area contributed by atoms with Gasteiger partial charge in [-0.3, -0.25) is 14.5 Å². The highest BCUT2D eigenvalue weighted by atomic mass is 16.2. The molecule has 1 aliphatic carbocycles. The van der Waals surface area contributed by atoms with Gasteiger partial charge in [0, 0.05) is 38.1 Å². The Bertz CT molecular complexity index is 361. The number of carbonyl (C=O) groups excluding carboxylic acids is 2. The van der Waals surface area contributed by atoms with Crippen molar-refractivity contribution in [1.82, 2.24) is 9.80 Å². The van der Waals surface area contributed by atoms with Crippen LogP contribution >= 0.6 is 0 Å². The Morgan fingerprint density at radius 3 is 2.55 bits per heavy atom. The quantitative estimate of drug-likeness (QED) is 0.731. The Balaban J connectivity index is 1.86. The van der Waals surface area contributed by atoms with Crippen molar-refractivity contribution in [1.29, 1.82) is 0 Å². The first-order valence-electron chi connectivity index (χ1n) is 7.61. The van der Waals surface area contributed by atoms with Crippen molar-refractivity contribution in [2.24, 2.45) is 17.4 Å². The van der Waals surface area contributed by atoms with E-state index in [-0.39, 0.29) is 30.3 Å². The van der Waals surface area contributed by atoms with Crippen LogP contribution in [0.2, 0.25) is 0 Å². The first-order valence-corrected chi connectivity index (χ1v) is 7.61. The molecule has 2 fully saturated rings. The summed E-state index contributed by atoms with van der Waals surface area (Å²) < 4.78 is 0. The minimum Gasteiger partial charge on any atom is -0.369 e. The first-order chi connectivity index (χ1) is 9.56. The van der Waals surface area contributed by atoms with Gasteiger partial charge in [0.1, 0.15) is 0 Å². The average molecular weight is 282 g/mol. The van der Waals surface area contributed by atoms with Crippen LogP contribution in [0.5, 0.6) is 0 Å². The zero-order valence-electron chi connectivity index (χ0n) is 12.1. The molecule has 1 saturated heterocycles. The maximum absolute atomic E-state index is 12.5. The number of nitrogens with zero attached hydrogens (tertiary/aromatic N) is 2. The molecule has 6 heteroatoms. The molecule has 0 aromatic heterocycles. The molecule has 114 valence electrons. The second-order valence-electron chi connectivity index (χ2n) is 6.04. The molecule has 0 radical (unpaired) electrons. The van der Waals surface area contributed by atoms with Crippen molar-refractivity contribution in [3.05, 3.63) is 0 Å². The topological polar surface area (TPSA) is 92.7 Å². The van der Waals surface area contributed by atoms with Crippen LogP contribution < -0.4 is 11.5 Å². The summed E-state index contributed by atoms with van der Waals surface area (Å²) >= 11 is 0. The summed E-state index contributed by atoms with van der Waals surface area (Å²) in [5.41, 5.74) is 11.2. The maximum atomic E-state index is 12.5. The molecule has 1 aliphatic heterocycles. The van der Waals surface area contributed by atoms with E-state index in [1.807, 2.05) is 9.80 Å². The van der Waals surface area contributed by atoms with E-state index in [0.29, 0.717) is 6.54 Å². The fourth-order valence-corrected chi connectivity index (χ4v) is 3.28. The van der Waals surface area contributed by atoms with E-state index in [1.54, 1.807) is 0 Å². The summed E-state index contributed by atoms with van der Waals surface area (Å²) in [6.07, 6.45) is 4.78. The van der Waals surface area contributed by atoms with Gasteiger partial charge in [0.15, 0.2) is 0 Å². The van der Waals surface area contributed by atoms with E-state index in [4.69, 9.17) is 11.5 Å². The molecular weight excluding hydrogens is 256 g/mol. The molecule has 0 bridgehead atoms. The minimum atomic E-state index is -0.303. The van der Waals surface area contributed by atoms with Gasteiger partial charge in [0.05, 0.1) is 6.54 Å². The van der Waals surface area contributed by atoms with Crippen LogP contribution in [0.25, 0.3) is 0 Å². The van der Waals surface area contributed by atoms with Gasteiger partial charge >= 0.3 is 0 Å². The number of amides is 2. The van der Waals surface area contributed by atoms with Gasteiger partial charge in [0.2, 0.25) is 11.8 Å². The zero-order valence-corrected chi connectivity index (χ0v) is 12.1. The van der Waals surface area contributed by atoms with Crippen LogP contribution in [-0.4, -0.2) is 60.4 Å². The van der Waals surface area contributed by atoms with Crippen molar-refractivity contribution in [2.75, 3.05) is 32.7 Å². The lowest BCUT2D eigenvalue weighted by Gasteiger charge is -2.30.